The molecule has 0 aliphatic rings. The van der Waals surface area contributed by atoms with Gasteiger partial charge in [-0.15, -0.1) is 5.11 Å². The maximum absolute atomic E-state index is 6.04. The first-order valence-electron chi connectivity index (χ1n) is 8.30. The molecule has 5 rings (SSSR count). The topological polar surface area (TPSA) is 66.5 Å². The highest BCUT2D eigenvalue weighted by Gasteiger charge is 2.14. The highest BCUT2D eigenvalue weighted by molar-refractivity contribution is 6.07. The van der Waals surface area contributed by atoms with Crippen LogP contribution in [0, 0.1) is 0 Å². The fourth-order valence-corrected chi connectivity index (χ4v) is 3.06. The van der Waals surface area contributed by atoms with Gasteiger partial charge in [0.25, 0.3) is 0 Å². The zero-order chi connectivity index (χ0) is 17.3. The highest BCUT2D eigenvalue weighted by atomic mass is 16.3. The second-order valence-corrected chi connectivity index (χ2v) is 5.97. The molecule has 0 aliphatic carbocycles. The number of aromatic nitrogens is 2. The Kier molecular flexibility index (Phi) is 3.35. The van der Waals surface area contributed by atoms with Crippen LogP contribution in [0.4, 0.5) is 11.4 Å². The van der Waals surface area contributed by atoms with E-state index < -0.39 is 0 Å². The molecule has 0 bridgehead atoms. The van der Waals surface area contributed by atoms with Crippen molar-refractivity contribution in [2.45, 2.75) is 0 Å². The van der Waals surface area contributed by atoms with Crippen molar-refractivity contribution in [2.75, 3.05) is 0 Å². The zero-order valence-electron chi connectivity index (χ0n) is 13.8. The number of hydrogen-bond donors (Lipinski definition) is 1. The van der Waals surface area contributed by atoms with E-state index in [0.717, 1.165) is 22.0 Å². The number of fused-ring (bicyclic) bond motifs is 3. The fourth-order valence-electron chi connectivity index (χ4n) is 3.06. The third-order valence-electron chi connectivity index (χ3n) is 4.32. The third-order valence-corrected chi connectivity index (χ3v) is 4.32. The molecule has 0 amide bonds. The first-order chi connectivity index (χ1) is 12.9. The summed E-state index contributed by atoms with van der Waals surface area (Å²) in [6, 6.07) is 23.9. The first-order valence-corrected chi connectivity index (χ1v) is 8.30. The number of azo groups is 1. The standard InChI is InChI=1S/C21H14N4O/c1-2-7-15(8-3-1)23-24-18-13-22-25-21(18)20-12-17-16-9-5-4-6-14(16)10-11-19(17)26-20/h1-13H,(H,22,25). The van der Waals surface area contributed by atoms with Crippen LogP contribution < -0.4 is 0 Å². The minimum Gasteiger partial charge on any atom is -0.454 e. The summed E-state index contributed by atoms with van der Waals surface area (Å²) < 4.78 is 6.04. The van der Waals surface area contributed by atoms with E-state index in [0.29, 0.717) is 17.1 Å². The van der Waals surface area contributed by atoms with Gasteiger partial charge in [0.1, 0.15) is 17.0 Å². The van der Waals surface area contributed by atoms with Crippen molar-refractivity contribution in [1.29, 1.82) is 0 Å². The van der Waals surface area contributed by atoms with Crippen molar-refractivity contribution >= 4 is 33.1 Å². The lowest BCUT2D eigenvalue weighted by Gasteiger charge is -1.96. The Balaban J connectivity index is 1.60. The van der Waals surface area contributed by atoms with Gasteiger partial charge in [0.05, 0.1) is 11.9 Å². The van der Waals surface area contributed by atoms with Crippen LogP contribution >= 0.6 is 0 Å². The smallest absolute Gasteiger partial charge is 0.155 e. The molecule has 2 aromatic heterocycles. The average molecular weight is 338 g/mol. The van der Waals surface area contributed by atoms with Crippen LogP contribution in [0.25, 0.3) is 33.2 Å². The summed E-state index contributed by atoms with van der Waals surface area (Å²) in [6.07, 6.45) is 1.65. The molecule has 0 spiro atoms. The van der Waals surface area contributed by atoms with Gasteiger partial charge in [0.2, 0.25) is 0 Å². The second kappa shape index (κ2) is 5.97. The van der Waals surface area contributed by atoms with Gasteiger partial charge in [-0.25, -0.2) is 0 Å². The molecule has 0 unspecified atom stereocenters. The summed E-state index contributed by atoms with van der Waals surface area (Å²) in [7, 11) is 0. The van der Waals surface area contributed by atoms with Crippen LogP contribution in [0.2, 0.25) is 0 Å². The molecule has 5 nitrogen and oxygen atoms in total. The Labute approximate surface area is 149 Å². The summed E-state index contributed by atoms with van der Waals surface area (Å²) >= 11 is 0. The fraction of sp³-hybridized carbons (Fsp3) is 0. The second-order valence-electron chi connectivity index (χ2n) is 5.97. The largest absolute Gasteiger partial charge is 0.454 e. The van der Waals surface area contributed by atoms with Crippen molar-refractivity contribution in [3.05, 3.63) is 79.0 Å². The van der Waals surface area contributed by atoms with Gasteiger partial charge in [-0.2, -0.15) is 10.2 Å². The van der Waals surface area contributed by atoms with Gasteiger partial charge in [0, 0.05) is 5.39 Å². The Morgan fingerprint density at radius 3 is 2.58 bits per heavy atom. The molecule has 0 saturated carbocycles. The van der Waals surface area contributed by atoms with Crippen LogP contribution in [-0.2, 0) is 0 Å². The number of H-pyrrole nitrogens is 1. The van der Waals surface area contributed by atoms with Crippen molar-refractivity contribution in [1.82, 2.24) is 10.2 Å². The molecule has 0 atom stereocenters. The summed E-state index contributed by atoms with van der Waals surface area (Å²) in [4.78, 5) is 0. The van der Waals surface area contributed by atoms with E-state index in [1.165, 1.54) is 5.39 Å². The molecule has 0 saturated heterocycles. The first kappa shape index (κ1) is 14.6. The monoisotopic (exact) mass is 338 g/mol. The molecular weight excluding hydrogens is 324 g/mol. The number of aromatic amines is 1. The van der Waals surface area contributed by atoms with Gasteiger partial charge >= 0.3 is 0 Å². The Hall–Kier alpha value is -3.73. The van der Waals surface area contributed by atoms with Crippen molar-refractivity contribution in [3.8, 4) is 11.5 Å². The molecule has 5 aromatic rings. The SMILES string of the molecule is c1ccc(N=Nc2cn[nH]c2-c2cc3c(ccc4ccccc43)o2)cc1. The van der Waals surface area contributed by atoms with E-state index in [1.54, 1.807) is 6.20 Å². The number of rotatable bonds is 3. The number of benzene rings is 3. The zero-order valence-corrected chi connectivity index (χ0v) is 13.8. The lowest BCUT2D eigenvalue weighted by atomic mass is 10.1. The van der Waals surface area contributed by atoms with E-state index in [2.05, 4.69) is 38.6 Å². The molecular formula is C21H14N4O. The van der Waals surface area contributed by atoms with Crippen LogP contribution in [0.5, 0.6) is 0 Å². The van der Waals surface area contributed by atoms with Gasteiger partial charge < -0.3 is 4.42 Å². The predicted molar refractivity (Wildman–Crippen MR) is 102 cm³/mol. The van der Waals surface area contributed by atoms with Crippen molar-refractivity contribution in [2.24, 2.45) is 10.2 Å². The molecule has 3 aromatic carbocycles. The Morgan fingerprint density at radius 1 is 0.808 bits per heavy atom. The average Bonchev–Trinajstić information content (AvgIpc) is 3.33. The van der Waals surface area contributed by atoms with Gasteiger partial charge in [-0.3, -0.25) is 5.10 Å². The number of nitrogens with zero attached hydrogens (tertiary/aromatic N) is 3. The summed E-state index contributed by atoms with van der Waals surface area (Å²) in [5.41, 5.74) is 2.97. The predicted octanol–water partition coefficient (Wildman–Crippen LogP) is 6.39. The summed E-state index contributed by atoms with van der Waals surface area (Å²) in [6.45, 7) is 0. The molecule has 26 heavy (non-hydrogen) atoms. The lowest BCUT2D eigenvalue weighted by Crippen LogP contribution is -1.73. The molecule has 0 aliphatic heterocycles. The lowest BCUT2D eigenvalue weighted by molar-refractivity contribution is 0.628. The maximum Gasteiger partial charge on any atom is 0.155 e. The third kappa shape index (κ3) is 2.46. The maximum atomic E-state index is 6.04. The van der Waals surface area contributed by atoms with Crippen LogP contribution in [-0.4, -0.2) is 10.2 Å². The number of hydrogen-bond acceptors (Lipinski definition) is 4. The molecule has 124 valence electrons. The highest BCUT2D eigenvalue weighted by Crippen LogP contribution is 2.36. The van der Waals surface area contributed by atoms with Crippen LogP contribution in [0.15, 0.2) is 93.6 Å². The van der Waals surface area contributed by atoms with Crippen LogP contribution in [0.1, 0.15) is 0 Å². The summed E-state index contributed by atoms with van der Waals surface area (Å²) in [5.74, 6) is 0.691. The van der Waals surface area contributed by atoms with Gasteiger partial charge in [0.15, 0.2) is 5.76 Å². The molecule has 2 heterocycles. The number of nitrogens with one attached hydrogen (secondary N) is 1. The van der Waals surface area contributed by atoms with Crippen molar-refractivity contribution < 1.29 is 4.42 Å². The summed E-state index contributed by atoms with van der Waals surface area (Å²) in [5, 5.41) is 19.1. The van der Waals surface area contributed by atoms with E-state index in [9.17, 15) is 0 Å². The molecule has 0 radical (unpaired) electrons. The normalized spacial score (nSPS) is 11.7. The quantitative estimate of drug-likeness (QED) is 0.387. The molecule has 0 fully saturated rings. The van der Waals surface area contributed by atoms with E-state index in [-0.39, 0.29) is 0 Å². The Bertz CT molecular complexity index is 1230. The van der Waals surface area contributed by atoms with Crippen molar-refractivity contribution in [3.63, 3.8) is 0 Å². The minimum atomic E-state index is 0.636. The number of furan rings is 1. The van der Waals surface area contributed by atoms with Gasteiger partial charge in [-0.05, 0) is 35.0 Å². The Morgan fingerprint density at radius 2 is 1.65 bits per heavy atom. The molecule has 1 N–H and O–H groups in total. The van der Waals surface area contributed by atoms with Crippen LogP contribution in [0.3, 0.4) is 0 Å². The van der Waals surface area contributed by atoms with E-state index >= 15 is 0 Å². The minimum absolute atomic E-state index is 0.636. The van der Waals surface area contributed by atoms with E-state index in [4.69, 9.17) is 4.42 Å². The van der Waals surface area contributed by atoms with Gasteiger partial charge in [-0.1, -0.05) is 48.5 Å². The van der Waals surface area contributed by atoms with E-state index in [1.807, 2.05) is 54.6 Å². The molecule has 5 heteroatoms.